The molecule has 1 amide bonds. The topological polar surface area (TPSA) is 82.8 Å². The molecular weight excluding hydrogens is 473 g/mol. The molecule has 1 aromatic heterocycles. The van der Waals surface area contributed by atoms with E-state index in [0.717, 1.165) is 17.2 Å². The number of carboxylic acids is 1. The van der Waals surface area contributed by atoms with Crippen LogP contribution in [0.4, 0.5) is 10.1 Å². The van der Waals surface area contributed by atoms with Gasteiger partial charge in [0.15, 0.2) is 0 Å². The van der Waals surface area contributed by atoms with Crippen molar-refractivity contribution in [3.8, 4) is 11.1 Å². The zero-order valence-electron chi connectivity index (χ0n) is 20.4. The minimum absolute atomic E-state index is 0.0377. The molecule has 0 radical (unpaired) electrons. The van der Waals surface area contributed by atoms with Crippen molar-refractivity contribution in [1.29, 1.82) is 0 Å². The van der Waals surface area contributed by atoms with Crippen LogP contribution >= 0.6 is 0 Å². The third kappa shape index (κ3) is 4.58. The van der Waals surface area contributed by atoms with Crippen molar-refractivity contribution in [2.75, 3.05) is 31.1 Å². The summed E-state index contributed by atoms with van der Waals surface area (Å²) in [6, 6.07) is 20.2. The number of hydrogen-bond acceptors (Lipinski definition) is 4. The van der Waals surface area contributed by atoms with Crippen LogP contribution < -0.4 is 10.3 Å². The van der Waals surface area contributed by atoms with E-state index in [1.807, 2.05) is 66.4 Å². The molecule has 3 aromatic carbocycles. The summed E-state index contributed by atoms with van der Waals surface area (Å²) in [4.78, 5) is 40.8. The zero-order valence-corrected chi connectivity index (χ0v) is 20.4. The summed E-state index contributed by atoms with van der Waals surface area (Å²) < 4.78 is 16.8. The number of fused-ring (bicyclic) bond motifs is 1. The van der Waals surface area contributed by atoms with Crippen LogP contribution in [0.15, 0.2) is 77.7 Å². The van der Waals surface area contributed by atoms with Gasteiger partial charge in [0.1, 0.15) is 11.4 Å². The Hall–Kier alpha value is -4.46. The Labute approximate surface area is 213 Å². The minimum atomic E-state index is -1.34. The van der Waals surface area contributed by atoms with Gasteiger partial charge in [0.2, 0.25) is 5.43 Å². The largest absolute Gasteiger partial charge is 0.477 e. The fraction of sp³-hybridized carbons (Fsp3) is 0.207. The molecule has 0 spiro atoms. The van der Waals surface area contributed by atoms with Crippen LogP contribution in [0.2, 0.25) is 0 Å². The van der Waals surface area contributed by atoms with Gasteiger partial charge in [-0.15, -0.1) is 0 Å². The van der Waals surface area contributed by atoms with Crippen LogP contribution in [0.25, 0.3) is 22.0 Å². The molecule has 1 N–H and O–H groups in total. The molecule has 1 aliphatic rings. The monoisotopic (exact) mass is 499 g/mol. The number of carbonyl (C=O) groups excluding carboxylic acids is 1. The number of rotatable bonds is 5. The first-order chi connectivity index (χ1) is 17.9. The van der Waals surface area contributed by atoms with Crippen LogP contribution in [-0.2, 0) is 6.54 Å². The first-order valence-electron chi connectivity index (χ1n) is 12.2. The molecule has 0 atom stereocenters. The lowest BCUT2D eigenvalue weighted by Gasteiger charge is -2.36. The van der Waals surface area contributed by atoms with Gasteiger partial charge in [-0.2, -0.15) is 0 Å². The van der Waals surface area contributed by atoms with E-state index in [1.165, 1.54) is 6.20 Å². The predicted octanol–water partition coefficient (Wildman–Crippen LogP) is 4.49. The number of nitrogens with zero attached hydrogens (tertiary/aromatic N) is 3. The van der Waals surface area contributed by atoms with Gasteiger partial charge >= 0.3 is 5.97 Å². The number of aromatic carboxylic acids is 1. The van der Waals surface area contributed by atoms with Gasteiger partial charge in [0, 0.05) is 49.9 Å². The third-order valence-corrected chi connectivity index (χ3v) is 6.87. The maximum atomic E-state index is 15.1. The predicted molar refractivity (Wildman–Crippen MR) is 141 cm³/mol. The molecule has 37 heavy (non-hydrogen) atoms. The molecule has 2 heterocycles. The number of halogens is 1. The average molecular weight is 500 g/mol. The van der Waals surface area contributed by atoms with Gasteiger partial charge in [-0.05, 0) is 42.3 Å². The first-order valence-corrected chi connectivity index (χ1v) is 12.2. The number of hydrogen-bond donors (Lipinski definition) is 1. The Morgan fingerprint density at radius 1 is 0.919 bits per heavy atom. The van der Waals surface area contributed by atoms with E-state index in [0.29, 0.717) is 49.5 Å². The molecule has 5 rings (SSSR count). The highest BCUT2D eigenvalue weighted by Crippen LogP contribution is 2.27. The van der Waals surface area contributed by atoms with E-state index >= 15 is 4.39 Å². The summed E-state index contributed by atoms with van der Waals surface area (Å²) in [5.41, 5.74) is 2.44. The zero-order chi connectivity index (χ0) is 26.1. The number of amides is 1. The van der Waals surface area contributed by atoms with E-state index in [2.05, 4.69) is 0 Å². The average Bonchev–Trinajstić information content (AvgIpc) is 2.93. The van der Waals surface area contributed by atoms with E-state index in [1.54, 1.807) is 15.5 Å². The minimum Gasteiger partial charge on any atom is -0.477 e. The van der Waals surface area contributed by atoms with E-state index < -0.39 is 17.2 Å². The Balaban J connectivity index is 1.34. The molecule has 1 aliphatic heterocycles. The Morgan fingerprint density at radius 2 is 1.57 bits per heavy atom. The lowest BCUT2D eigenvalue weighted by atomic mass is 10.0. The van der Waals surface area contributed by atoms with E-state index in [-0.39, 0.29) is 16.9 Å². The second kappa shape index (κ2) is 9.89. The fourth-order valence-electron chi connectivity index (χ4n) is 4.82. The summed E-state index contributed by atoms with van der Waals surface area (Å²) >= 11 is 0. The van der Waals surface area contributed by atoms with Gasteiger partial charge in [0.05, 0.1) is 11.2 Å². The van der Waals surface area contributed by atoms with Crippen molar-refractivity contribution in [3.05, 3.63) is 100 Å². The number of anilines is 1. The molecule has 1 saturated heterocycles. The normalized spacial score (nSPS) is 13.7. The SMILES string of the molecule is CCn1cc(C(=O)O)c(=O)c2cc(F)c(N3CCN(C(=O)c4ccc(-c5ccccc5)cc4)CC3)cc21. The molecule has 7 nitrogen and oxygen atoms in total. The van der Waals surface area contributed by atoms with Crippen molar-refractivity contribution in [2.45, 2.75) is 13.5 Å². The third-order valence-electron chi connectivity index (χ3n) is 6.87. The smallest absolute Gasteiger partial charge is 0.341 e. The van der Waals surface area contributed by atoms with Crippen LogP contribution in [0.3, 0.4) is 0 Å². The number of carboxylic acid groups (broad SMARTS) is 1. The van der Waals surface area contributed by atoms with E-state index in [9.17, 15) is 19.5 Å². The van der Waals surface area contributed by atoms with Crippen molar-refractivity contribution in [2.24, 2.45) is 0 Å². The quantitative estimate of drug-likeness (QED) is 0.438. The molecule has 0 unspecified atom stereocenters. The molecule has 4 aromatic rings. The summed E-state index contributed by atoms with van der Waals surface area (Å²) in [7, 11) is 0. The molecule has 0 bridgehead atoms. The second-order valence-corrected chi connectivity index (χ2v) is 9.01. The summed E-state index contributed by atoms with van der Waals surface area (Å²) in [6.07, 6.45) is 1.30. The van der Waals surface area contributed by atoms with Crippen LogP contribution in [0, 0.1) is 5.82 Å². The number of pyridine rings is 1. The number of aromatic nitrogens is 1. The summed E-state index contributed by atoms with van der Waals surface area (Å²) in [5, 5.41) is 9.38. The summed E-state index contributed by atoms with van der Waals surface area (Å²) in [6.45, 7) is 3.97. The highest BCUT2D eigenvalue weighted by Gasteiger charge is 2.25. The highest BCUT2D eigenvalue weighted by atomic mass is 19.1. The highest BCUT2D eigenvalue weighted by molar-refractivity contribution is 5.95. The number of benzene rings is 3. The van der Waals surface area contributed by atoms with Crippen molar-refractivity contribution in [1.82, 2.24) is 9.47 Å². The molecular formula is C29H26FN3O4. The van der Waals surface area contributed by atoms with Crippen LogP contribution in [-0.4, -0.2) is 52.6 Å². The van der Waals surface area contributed by atoms with Crippen molar-refractivity contribution >= 4 is 28.5 Å². The number of aryl methyl sites for hydroxylation is 1. The molecule has 188 valence electrons. The fourth-order valence-corrected chi connectivity index (χ4v) is 4.82. The maximum absolute atomic E-state index is 15.1. The van der Waals surface area contributed by atoms with Crippen LogP contribution in [0.1, 0.15) is 27.6 Å². The number of carbonyl (C=O) groups is 2. The Bertz CT molecular complexity index is 1540. The molecule has 8 heteroatoms. The Kier molecular flexibility index (Phi) is 6.48. The van der Waals surface area contributed by atoms with Gasteiger partial charge in [-0.3, -0.25) is 9.59 Å². The van der Waals surface area contributed by atoms with Gasteiger partial charge in [-0.1, -0.05) is 42.5 Å². The van der Waals surface area contributed by atoms with Crippen molar-refractivity contribution < 1.29 is 19.1 Å². The van der Waals surface area contributed by atoms with Gasteiger partial charge in [0.25, 0.3) is 5.91 Å². The van der Waals surface area contributed by atoms with Crippen LogP contribution in [0.5, 0.6) is 0 Å². The first kappa shape index (κ1) is 24.2. The lowest BCUT2D eigenvalue weighted by molar-refractivity contribution is 0.0693. The molecule has 1 fully saturated rings. The standard InChI is InChI=1S/C29H26FN3O4/c1-2-31-18-23(29(36)37)27(34)22-16-24(30)26(17-25(22)31)32-12-14-33(15-13-32)28(35)21-10-8-20(9-11-21)19-6-4-3-5-7-19/h3-11,16-18H,2,12-15H2,1H3,(H,36,37). The summed E-state index contributed by atoms with van der Waals surface area (Å²) in [5.74, 6) is -2.00. The lowest BCUT2D eigenvalue weighted by Crippen LogP contribution is -2.49. The maximum Gasteiger partial charge on any atom is 0.341 e. The number of piperazine rings is 1. The van der Waals surface area contributed by atoms with E-state index in [4.69, 9.17) is 0 Å². The molecule has 0 saturated carbocycles. The van der Waals surface area contributed by atoms with Gasteiger partial charge in [-0.25, -0.2) is 9.18 Å². The van der Waals surface area contributed by atoms with Crippen molar-refractivity contribution in [3.63, 3.8) is 0 Å². The Morgan fingerprint density at radius 3 is 2.19 bits per heavy atom. The van der Waals surface area contributed by atoms with Gasteiger partial charge < -0.3 is 19.5 Å². The molecule has 0 aliphatic carbocycles. The second-order valence-electron chi connectivity index (χ2n) is 9.01.